The summed E-state index contributed by atoms with van der Waals surface area (Å²) in [5.74, 6) is -0.174. The molecule has 0 fully saturated rings. The molecule has 0 saturated heterocycles. The Balaban J connectivity index is 2.21. The Hall–Kier alpha value is -1.45. The molecular weight excluding hydrogens is 233 g/mol. The molecule has 0 saturated carbocycles. The molecule has 0 aliphatic carbocycles. The van der Waals surface area contributed by atoms with Crippen molar-refractivity contribution in [2.45, 2.75) is 6.42 Å². The van der Waals surface area contributed by atoms with Crippen molar-refractivity contribution >= 4 is 17.4 Å². The van der Waals surface area contributed by atoms with Crippen molar-refractivity contribution in [1.82, 2.24) is 0 Å². The molecule has 0 atom stereocenters. The maximum absolute atomic E-state index is 13.6. The van der Waals surface area contributed by atoms with Gasteiger partial charge in [0, 0.05) is 15.3 Å². The quantitative estimate of drug-likeness (QED) is 0.870. The average Bonchev–Trinajstić information content (AvgIpc) is 2.79. The van der Waals surface area contributed by atoms with Crippen LogP contribution in [0, 0.1) is 5.82 Å². The van der Waals surface area contributed by atoms with Gasteiger partial charge in [0.15, 0.2) is 0 Å². The second-order valence-electron chi connectivity index (χ2n) is 3.66. The van der Waals surface area contributed by atoms with E-state index in [0.717, 1.165) is 16.2 Å². The third kappa shape index (κ3) is 3.02. The van der Waals surface area contributed by atoms with Crippen LogP contribution in [0.1, 0.15) is 11.3 Å². The molecular formula is C14H14FNS. The number of hydrogen-bond acceptors (Lipinski definition) is 2. The van der Waals surface area contributed by atoms with Crippen LogP contribution in [0.2, 0.25) is 0 Å². The van der Waals surface area contributed by atoms with Gasteiger partial charge in [-0.3, -0.25) is 0 Å². The number of thiophene rings is 1. The zero-order valence-corrected chi connectivity index (χ0v) is 10.2. The van der Waals surface area contributed by atoms with Gasteiger partial charge < -0.3 is 5.73 Å². The van der Waals surface area contributed by atoms with E-state index in [2.05, 4.69) is 0 Å². The number of nitrogens with two attached hydrogens (primary N) is 1. The Labute approximate surface area is 104 Å². The van der Waals surface area contributed by atoms with Crippen molar-refractivity contribution in [3.63, 3.8) is 0 Å². The lowest BCUT2D eigenvalue weighted by Crippen LogP contribution is -1.94. The first kappa shape index (κ1) is 12.0. The van der Waals surface area contributed by atoms with E-state index in [-0.39, 0.29) is 5.82 Å². The molecule has 0 amide bonds. The van der Waals surface area contributed by atoms with Crippen LogP contribution in [-0.2, 0) is 0 Å². The fourth-order valence-corrected chi connectivity index (χ4v) is 2.51. The van der Waals surface area contributed by atoms with E-state index >= 15 is 0 Å². The van der Waals surface area contributed by atoms with Crippen molar-refractivity contribution in [3.05, 3.63) is 53.2 Å². The molecule has 3 heteroatoms. The van der Waals surface area contributed by atoms with Crippen LogP contribution in [-0.4, -0.2) is 6.54 Å². The summed E-state index contributed by atoms with van der Waals surface area (Å²) in [4.78, 5) is 2.08. The lowest BCUT2D eigenvalue weighted by molar-refractivity contribution is 0.631. The molecule has 0 unspecified atom stereocenters. The number of rotatable bonds is 4. The lowest BCUT2D eigenvalue weighted by Gasteiger charge is -1.97. The van der Waals surface area contributed by atoms with Gasteiger partial charge in [-0.05, 0) is 37.2 Å². The highest BCUT2D eigenvalue weighted by Crippen LogP contribution is 2.30. The van der Waals surface area contributed by atoms with Crippen LogP contribution in [0.3, 0.4) is 0 Å². The van der Waals surface area contributed by atoms with E-state index in [1.54, 1.807) is 23.5 Å². The molecule has 1 aromatic carbocycles. The van der Waals surface area contributed by atoms with Crippen molar-refractivity contribution < 1.29 is 4.39 Å². The average molecular weight is 247 g/mol. The van der Waals surface area contributed by atoms with Crippen LogP contribution < -0.4 is 5.73 Å². The summed E-state index contributed by atoms with van der Waals surface area (Å²) in [6.07, 6.45) is 4.94. The topological polar surface area (TPSA) is 26.0 Å². The normalized spacial score (nSPS) is 11.2. The van der Waals surface area contributed by atoms with E-state index in [1.807, 2.05) is 30.4 Å². The minimum Gasteiger partial charge on any atom is -0.330 e. The first-order valence-electron chi connectivity index (χ1n) is 5.52. The number of hydrogen-bond donors (Lipinski definition) is 1. The first-order valence-corrected chi connectivity index (χ1v) is 6.34. The zero-order chi connectivity index (χ0) is 12.1. The van der Waals surface area contributed by atoms with E-state index in [0.29, 0.717) is 12.1 Å². The van der Waals surface area contributed by atoms with Gasteiger partial charge in [-0.2, -0.15) is 0 Å². The van der Waals surface area contributed by atoms with Crippen LogP contribution in [0.25, 0.3) is 16.5 Å². The van der Waals surface area contributed by atoms with Gasteiger partial charge in [-0.1, -0.05) is 24.3 Å². The SMILES string of the molecule is NCCC=Cc1ccc(-c2ccccc2F)s1. The molecule has 17 heavy (non-hydrogen) atoms. The van der Waals surface area contributed by atoms with Gasteiger partial charge in [0.05, 0.1) is 0 Å². The minimum atomic E-state index is -0.174. The van der Waals surface area contributed by atoms with E-state index in [4.69, 9.17) is 5.73 Å². The molecule has 1 nitrogen and oxygen atoms in total. The highest BCUT2D eigenvalue weighted by molar-refractivity contribution is 7.16. The second-order valence-corrected chi connectivity index (χ2v) is 4.78. The smallest absolute Gasteiger partial charge is 0.131 e. The fourth-order valence-electron chi connectivity index (χ4n) is 1.54. The van der Waals surface area contributed by atoms with Crippen molar-refractivity contribution in [1.29, 1.82) is 0 Å². The highest BCUT2D eigenvalue weighted by Gasteiger charge is 2.05. The Kier molecular flexibility index (Phi) is 4.07. The predicted octanol–water partition coefficient (Wildman–Crippen LogP) is 3.92. The summed E-state index contributed by atoms with van der Waals surface area (Å²) in [5.41, 5.74) is 6.07. The molecule has 1 aromatic heterocycles. The summed E-state index contributed by atoms with van der Waals surface area (Å²) >= 11 is 1.58. The Bertz CT molecular complexity index is 516. The molecule has 2 rings (SSSR count). The molecule has 2 aromatic rings. The minimum absolute atomic E-state index is 0.174. The van der Waals surface area contributed by atoms with Crippen LogP contribution in [0.5, 0.6) is 0 Å². The third-order valence-electron chi connectivity index (χ3n) is 2.38. The standard InChI is InChI=1S/C14H14FNS/c15-13-7-2-1-6-12(13)14-9-8-11(17-14)5-3-4-10-16/h1-3,5-9H,4,10,16H2. The Morgan fingerprint density at radius 3 is 2.76 bits per heavy atom. The lowest BCUT2D eigenvalue weighted by atomic mass is 10.2. The summed E-state index contributed by atoms with van der Waals surface area (Å²) in [6, 6.07) is 10.8. The van der Waals surface area contributed by atoms with E-state index in [9.17, 15) is 4.39 Å². The van der Waals surface area contributed by atoms with Gasteiger partial charge in [0.2, 0.25) is 0 Å². The van der Waals surface area contributed by atoms with Crippen molar-refractivity contribution in [2.75, 3.05) is 6.54 Å². The van der Waals surface area contributed by atoms with Crippen molar-refractivity contribution in [3.8, 4) is 10.4 Å². The molecule has 88 valence electrons. The van der Waals surface area contributed by atoms with Gasteiger partial charge in [0.1, 0.15) is 5.82 Å². The molecule has 0 aliphatic heterocycles. The van der Waals surface area contributed by atoms with Crippen LogP contribution in [0.15, 0.2) is 42.5 Å². The van der Waals surface area contributed by atoms with Crippen LogP contribution in [0.4, 0.5) is 4.39 Å². The van der Waals surface area contributed by atoms with Gasteiger partial charge in [-0.15, -0.1) is 11.3 Å². The van der Waals surface area contributed by atoms with Gasteiger partial charge in [-0.25, -0.2) is 4.39 Å². The van der Waals surface area contributed by atoms with E-state index in [1.165, 1.54) is 6.07 Å². The van der Waals surface area contributed by atoms with Gasteiger partial charge in [0.25, 0.3) is 0 Å². The third-order valence-corrected chi connectivity index (χ3v) is 3.47. The highest BCUT2D eigenvalue weighted by atomic mass is 32.1. The van der Waals surface area contributed by atoms with E-state index < -0.39 is 0 Å². The van der Waals surface area contributed by atoms with Crippen molar-refractivity contribution in [2.24, 2.45) is 5.73 Å². The summed E-state index contributed by atoms with van der Waals surface area (Å²) in [5, 5.41) is 0. The van der Waals surface area contributed by atoms with Crippen LogP contribution >= 0.6 is 11.3 Å². The molecule has 0 aliphatic rings. The largest absolute Gasteiger partial charge is 0.330 e. The summed E-state index contributed by atoms with van der Waals surface area (Å²) in [7, 11) is 0. The Morgan fingerprint density at radius 2 is 2.00 bits per heavy atom. The molecule has 1 heterocycles. The zero-order valence-electron chi connectivity index (χ0n) is 9.40. The first-order chi connectivity index (χ1) is 8.31. The molecule has 0 radical (unpaired) electrons. The molecule has 0 bridgehead atoms. The monoisotopic (exact) mass is 247 g/mol. The number of benzene rings is 1. The summed E-state index contributed by atoms with van der Waals surface area (Å²) < 4.78 is 13.6. The second kappa shape index (κ2) is 5.75. The Morgan fingerprint density at radius 1 is 1.18 bits per heavy atom. The summed E-state index contributed by atoms with van der Waals surface area (Å²) in [6.45, 7) is 0.655. The van der Waals surface area contributed by atoms with Gasteiger partial charge >= 0.3 is 0 Å². The molecule has 2 N–H and O–H groups in total. The maximum Gasteiger partial charge on any atom is 0.131 e. The number of halogens is 1. The molecule has 0 spiro atoms. The fraction of sp³-hybridized carbons (Fsp3) is 0.143. The maximum atomic E-state index is 13.6. The predicted molar refractivity (Wildman–Crippen MR) is 72.4 cm³/mol.